The second-order valence-corrected chi connectivity index (χ2v) is 2.22. The Morgan fingerprint density at radius 1 is 1.50 bits per heavy atom. The van der Waals surface area contributed by atoms with E-state index in [4.69, 9.17) is 9.47 Å². The van der Waals surface area contributed by atoms with Gasteiger partial charge < -0.3 is 14.8 Å². The Balaban J connectivity index is 2.70. The summed E-state index contributed by atoms with van der Waals surface area (Å²) < 4.78 is 9.97. The fourth-order valence-electron chi connectivity index (χ4n) is 0.852. The highest BCUT2D eigenvalue weighted by atomic mass is 16.5. The van der Waals surface area contributed by atoms with Crippen LogP contribution in [0, 0.1) is 0 Å². The standard InChI is InChI=1S/C7H13N3O2/c1-8-7-9-5(11-2)4-6(10-7)12-3/h4,7-9H,1-3H3. The van der Waals surface area contributed by atoms with Gasteiger partial charge in [0, 0.05) is 0 Å². The molecule has 0 aromatic heterocycles. The van der Waals surface area contributed by atoms with Crippen LogP contribution in [-0.4, -0.2) is 33.5 Å². The lowest BCUT2D eigenvalue weighted by Crippen LogP contribution is -2.41. The third kappa shape index (κ3) is 1.88. The first kappa shape index (κ1) is 8.86. The lowest BCUT2D eigenvalue weighted by molar-refractivity contribution is 0.237. The van der Waals surface area contributed by atoms with E-state index >= 15 is 0 Å². The highest BCUT2D eigenvalue weighted by molar-refractivity contribution is 5.88. The Kier molecular flexibility index (Phi) is 2.93. The smallest absolute Gasteiger partial charge is 0.216 e. The number of hydrogen-bond donors (Lipinski definition) is 2. The average Bonchev–Trinajstić information content (AvgIpc) is 2.16. The molecule has 0 saturated heterocycles. The van der Waals surface area contributed by atoms with Crippen LogP contribution in [0.25, 0.3) is 0 Å². The van der Waals surface area contributed by atoms with Gasteiger partial charge in [-0.25, -0.2) is 4.99 Å². The van der Waals surface area contributed by atoms with Crippen molar-refractivity contribution >= 4 is 5.90 Å². The van der Waals surface area contributed by atoms with E-state index in [0.29, 0.717) is 11.8 Å². The normalized spacial score (nSPS) is 22.1. The van der Waals surface area contributed by atoms with Crippen molar-refractivity contribution < 1.29 is 9.47 Å². The summed E-state index contributed by atoms with van der Waals surface area (Å²) in [7, 11) is 4.96. The summed E-state index contributed by atoms with van der Waals surface area (Å²) in [4.78, 5) is 4.13. The summed E-state index contributed by atoms with van der Waals surface area (Å²) in [6, 6.07) is 0. The average molecular weight is 171 g/mol. The Bertz CT molecular complexity index is 213. The minimum atomic E-state index is -0.181. The van der Waals surface area contributed by atoms with Gasteiger partial charge in [-0.05, 0) is 7.05 Å². The number of rotatable bonds is 2. The number of nitrogens with zero attached hydrogens (tertiary/aromatic N) is 1. The zero-order valence-corrected chi connectivity index (χ0v) is 7.42. The van der Waals surface area contributed by atoms with Gasteiger partial charge in [-0.1, -0.05) is 0 Å². The largest absolute Gasteiger partial charge is 0.482 e. The van der Waals surface area contributed by atoms with E-state index in [-0.39, 0.29) is 6.29 Å². The van der Waals surface area contributed by atoms with Crippen LogP contribution in [0.4, 0.5) is 0 Å². The molecule has 0 spiro atoms. The summed E-state index contributed by atoms with van der Waals surface area (Å²) >= 11 is 0. The molecule has 1 aliphatic heterocycles. The van der Waals surface area contributed by atoms with Gasteiger partial charge in [-0.15, -0.1) is 0 Å². The Morgan fingerprint density at radius 3 is 2.75 bits per heavy atom. The van der Waals surface area contributed by atoms with Crippen LogP contribution in [-0.2, 0) is 9.47 Å². The number of hydrogen-bond acceptors (Lipinski definition) is 5. The summed E-state index contributed by atoms with van der Waals surface area (Å²) in [5, 5.41) is 5.91. The van der Waals surface area contributed by atoms with Crippen LogP contribution in [0.15, 0.2) is 17.0 Å². The molecule has 12 heavy (non-hydrogen) atoms. The van der Waals surface area contributed by atoms with Crippen LogP contribution in [0.5, 0.6) is 0 Å². The van der Waals surface area contributed by atoms with Crippen LogP contribution < -0.4 is 10.6 Å². The van der Waals surface area contributed by atoms with E-state index < -0.39 is 0 Å². The van der Waals surface area contributed by atoms with E-state index in [1.165, 1.54) is 0 Å². The molecule has 5 heteroatoms. The first-order valence-electron chi connectivity index (χ1n) is 3.61. The molecule has 0 saturated carbocycles. The number of ether oxygens (including phenoxy) is 2. The van der Waals surface area contributed by atoms with Gasteiger partial charge in [-0.3, -0.25) is 5.32 Å². The summed E-state index contributed by atoms with van der Waals surface area (Å²) in [6.45, 7) is 0. The van der Waals surface area contributed by atoms with Crippen molar-refractivity contribution in [2.24, 2.45) is 4.99 Å². The molecule has 1 aliphatic rings. The number of methoxy groups -OCH3 is 2. The summed E-state index contributed by atoms with van der Waals surface area (Å²) in [6.07, 6.45) is 1.51. The summed E-state index contributed by atoms with van der Waals surface area (Å²) in [5.74, 6) is 1.19. The van der Waals surface area contributed by atoms with Gasteiger partial charge in [0.1, 0.15) is 0 Å². The maximum absolute atomic E-state index is 5.00. The van der Waals surface area contributed by atoms with Gasteiger partial charge in [0.15, 0.2) is 12.2 Å². The third-order valence-corrected chi connectivity index (χ3v) is 1.49. The molecule has 0 fully saturated rings. The SMILES string of the molecule is CNC1N=C(OC)C=C(OC)N1. The molecular formula is C7H13N3O2. The molecule has 68 valence electrons. The van der Waals surface area contributed by atoms with Crippen LogP contribution >= 0.6 is 0 Å². The minimum Gasteiger partial charge on any atom is -0.482 e. The molecule has 0 amide bonds. The Morgan fingerprint density at radius 2 is 2.25 bits per heavy atom. The molecular weight excluding hydrogens is 158 g/mol. The minimum absolute atomic E-state index is 0.181. The van der Waals surface area contributed by atoms with Crippen LogP contribution in [0.3, 0.4) is 0 Å². The zero-order valence-electron chi connectivity index (χ0n) is 7.42. The molecule has 0 aliphatic carbocycles. The van der Waals surface area contributed by atoms with E-state index in [1.54, 1.807) is 27.3 Å². The third-order valence-electron chi connectivity index (χ3n) is 1.49. The van der Waals surface area contributed by atoms with E-state index in [0.717, 1.165) is 0 Å². The second-order valence-electron chi connectivity index (χ2n) is 2.22. The van der Waals surface area contributed by atoms with Crippen molar-refractivity contribution in [1.82, 2.24) is 10.6 Å². The first-order chi connectivity index (χ1) is 5.80. The fraction of sp³-hybridized carbons (Fsp3) is 0.571. The van der Waals surface area contributed by atoms with Crippen molar-refractivity contribution in [3.8, 4) is 0 Å². The molecule has 2 N–H and O–H groups in total. The van der Waals surface area contributed by atoms with Gasteiger partial charge in [-0.2, -0.15) is 0 Å². The van der Waals surface area contributed by atoms with Crippen LogP contribution in [0.1, 0.15) is 0 Å². The second kappa shape index (κ2) is 3.96. The quantitative estimate of drug-likeness (QED) is 0.595. The number of nitrogens with one attached hydrogen (secondary N) is 2. The zero-order chi connectivity index (χ0) is 8.97. The van der Waals surface area contributed by atoms with Crippen molar-refractivity contribution in [2.45, 2.75) is 6.29 Å². The van der Waals surface area contributed by atoms with E-state index in [2.05, 4.69) is 15.6 Å². The lowest BCUT2D eigenvalue weighted by Gasteiger charge is -2.21. The predicted octanol–water partition coefficient (Wildman–Crippen LogP) is -0.375. The molecule has 0 bridgehead atoms. The fourth-order valence-corrected chi connectivity index (χ4v) is 0.852. The monoisotopic (exact) mass is 171 g/mol. The molecule has 5 nitrogen and oxygen atoms in total. The highest BCUT2D eigenvalue weighted by Crippen LogP contribution is 2.01. The maximum Gasteiger partial charge on any atom is 0.216 e. The topological polar surface area (TPSA) is 54.9 Å². The van der Waals surface area contributed by atoms with Crippen molar-refractivity contribution in [3.05, 3.63) is 12.0 Å². The lowest BCUT2D eigenvalue weighted by atomic mass is 10.5. The molecule has 1 heterocycles. The summed E-state index contributed by atoms with van der Waals surface area (Å²) in [5.41, 5.74) is 0. The number of aliphatic imine (C=N–C) groups is 1. The first-order valence-corrected chi connectivity index (χ1v) is 3.61. The molecule has 1 atom stereocenters. The Labute approximate surface area is 71.5 Å². The molecule has 0 aromatic carbocycles. The molecule has 0 aromatic rings. The van der Waals surface area contributed by atoms with Crippen LogP contribution in [0.2, 0.25) is 0 Å². The van der Waals surface area contributed by atoms with Gasteiger partial charge >= 0.3 is 0 Å². The molecule has 1 unspecified atom stereocenters. The predicted molar refractivity (Wildman–Crippen MR) is 45.5 cm³/mol. The van der Waals surface area contributed by atoms with E-state index in [9.17, 15) is 0 Å². The van der Waals surface area contributed by atoms with Gasteiger partial charge in [0.2, 0.25) is 5.90 Å². The maximum atomic E-state index is 5.00. The van der Waals surface area contributed by atoms with Crippen molar-refractivity contribution in [1.29, 1.82) is 0 Å². The Hall–Kier alpha value is -1.23. The molecule has 0 radical (unpaired) electrons. The van der Waals surface area contributed by atoms with Crippen molar-refractivity contribution in [3.63, 3.8) is 0 Å². The van der Waals surface area contributed by atoms with Gasteiger partial charge in [0.25, 0.3) is 0 Å². The van der Waals surface area contributed by atoms with E-state index in [1.807, 2.05) is 0 Å². The van der Waals surface area contributed by atoms with Crippen molar-refractivity contribution in [2.75, 3.05) is 21.3 Å². The highest BCUT2D eigenvalue weighted by Gasteiger charge is 2.13. The molecule has 1 rings (SSSR count). The van der Waals surface area contributed by atoms with Gasteiger partial charge in [0.05, 0.1) is 20.3 Å².